The Kier molecular flexibility index (Phi) is 2.27. The van der Waals surface area contributed by atoms with Crippen LogP contribution in [-0.4, -0.2) is 16.4 Å². The lowest BCUT2D eigenvalue weighted by Gasteiger charge is -2.40. The SMILES string of the molecule is Brc1cnn2c1OCC1(CCCCC1)C2. The highest BCUT2D eigenvalue weighted by Crippen LogP contribution is 2.42. The van der Waals surface area contributed by atoms with Crippen LogP contribution in [0.2, 0.25) is 0 Å². The average molecular weight is 271 g/mol. The summed E-state index contributed by atoms with van der Waals surface area (Å²) in [5.74, 6) is 0.909. The fourth-order valence-corrected chi connectivity index (χ4v) is 3.21. The molecule has 0 saturated heterocycles. The Balaban J connectivity index is 1.87. The zero-order valence-electron chi connectivity index (χ0n) is 8.71. The first-order valence-electron chi connectivity index (χ1n) is 5.63. The van der Waals surface area contributed by atoms with Gasteiger partial charge in [0, 0.05) is 5.41 Å². The second-order valence-corrected chi connectivity index (χ2v) is 5.66. The average Bonchev–Trinajstić information content (AvgIpc) is 2.61. The van der Waals surface area contributed by atoms with E-state index in [1.165, 1.54) is 32.1 Å². The van der Waals surface area contributed by atoms with Gasteiger partial charge in [-0.3, -0.25) is 0 Å². The number of ether oxygens (including phenoxy) is 1. The van der Waals surface area contributed by atoms with Crippen LogP contribution in [0, 0.1) is 5.41 Å². The topological polar surface area (TPSA) is 27.1 Å². The van der Waals surface area contributed by atoms with Crippen LogP contribution in [0.1, 0.15) is 32.1 Å². The van der Waals surface area contributed by atoms with Crippen LogP contribution in [0.15, 0.2) is 10.7 Å². The minimum absolute atomic E-state index is 0.372. The van der Waals surface area contributed by atoms with Gasteiger partial charge in [-0.25, -0.2) is 4.68 Å². The van der Waals surface area contributed by atoms with Gasteiger partial charge in [0.05, 0.1) is 23.8 Å². The molecule has 82 valence electrons. The summed E-state index contributed by atoms with van der Waals surface area (Å²) in [7, 11) is 0. The third-order valence-electron chi connectivity index (χ3n) is 3.66. The van der Waals surface area contributed by atoms with Gasteiger partial charge in [-0.05, 0) is 28.8 Å². The number of hydrogen-bond donors (Lipinski definition) is 0. The number of nitrogens with zero attached hydrogens (tertiary/aromatic N) is 2. The molecule has 1 aliphatic heterocycles. The normalized spacial score (nSPS) is 23.5. The van der Waals surface area contributed by atoms with Gasteiger partial charge in [-0.2, -0.15) is 5.10 Å². The van der Waals surface area contributed by atoms with Gasteiger partial charge in [0.1, 0.15) is 0 Å². The Bertz CT molecular complexity index is 369. The molecular weight excluding hydrogens is 256 g/mol. The van der Waals surface area contributed by atoms with Crippen molar-refractivity contribution in [3.63, 3.8) is 0 Å². The summed E-state index contributed by atoms with van der Waals surface area (Å²) in [5, 5.41) is 4.35. The Hall–Kier alpha value is -0.510. The highest BCUT2D eigenvalue weighted by atomic mass is 79.9. The van der Waals surface area contributed by atoms with Crippen molar-refractivity contribution in [3.8, 4) is 5.88 Å². The Morgan fingerprint density at radius 3 is 2.93 bits per heavy atom. The number of aromatic nitrogens is 2. The molecule has 0 atom stereocenters. The fourth-order valence-electron chi connectivity index (χ4n) is 2.80. The first kappa shape index (κ1) is 9.70. The summed E-state index contributed by atoms with van der Waals surface area (Å²) in [6.45, 7) is 1.91. The molecule has 0 radical (unpaired) electrons. The van der Waals surface area contributed by atoms with Crippen LogP contribution >= 0.6 is 15.9 Å². The van der Waals surface area contributed by atoms with Crippen LogP contribution < -0.4 is 4.74 Å². The molecule has 1 aliphatic carbocycles. The summed E-state index contributed by atoms with van der Waals surface area (Å²) >= 11 is 3.46. The smallest absolute Gasteiger partial charge is 0.226 e. The van der Waals surface area contributed by atoms with Crippen molar-refractivity contribution in [2.24, 2.45) is 5.41 Å². The maximum atomic E-state index is 5.84. The molecular formula is C11H15BrN2O. The molecule has 2 aliphatic rings. The Morgan fingerprint density at radius 2 is 2.13 bits per heavy atom. The van der Waals surface area contributed by atoms with Crippen molar-refractivity contribution in [2.75, 3.05) is 6.61 Å². The van der Waals surface area contributed by atoms with Crippen molar-refractivity contribution in [1.29, 1.82) is 0 Å². The predicted octanol–water partition coefficient (Wildman–Crippen LogP) is 2.99. The largest absolute Gasteiger partial charge is 0.476 e. The van der Waals surface area contributed by atoms with Crippen LogP contribution in [0.4, 0.5) is 0 Å². The van der Waals surface area contributed by atoms with E-state index in [2.05, 4.69) is 21.0 Å². The fraction of sp³-hybridized carbons (Fsp3) is 0.727. The van der Waals surface area contributed by atoms with Crippen molar-refractivity contribution >= 4 is 15.9 Å². The highest BCUT2D eigenvalue weighted by Gasteiger charge is 2.38. The van der Waals surface area contributed by atoms with E-state index in [0.29, 0.717) is 5.41 Å². The lowest BCUT2D eigenvalue weighted by Crippen LogP contribution is -2.39. The number of fused-ring (bicyclic) bond motifs is 1. The molecule has 1 saturated carbocycles. The molecule has 1 aromatic rings. The van der Waals surface area contributed by atoms with Gasteiger partial charge < -0.3 is 4.74 Å². The van der Waals surface area contributed by atoms with E-state index in [9.17, 15) is 0 Å². The molecule has 15 heavy (non-hydrogen) atoms. The monoisotopic (exact) mass is 270 g/mol. The van der Waals surface area contributed by atoms with Gasteiger partial charge in [0.25, 0.3) is 0 Å². The van der Waals surface area contributed by atoms with Crippen molar-refractivity contribution in [1.82, 2.24) is 9.78 Å². The molecule has 1 fully saturated rings. The lowest BCUT2D eigenvalue weighted by atomic mass is 9.74. The zero-order chi connectivity index (χ0) is 10.3. The van der Waals surface area contributed by atoms with E-state index in [-0.39, 0.29) is 0 Å². The van der Waals surface area contributed by atoms with Crippen LogP contribution in [-0.2, 0) is 6.54 Å². The standard InChI is InChI=1S/C11H15BrN2O/c12-9-6-13-14-7-11(8-15-10(9)14)4-2-1-3-5-11/h6H,1-5,7-8H2. The second-order valence-electron chi connectivity index (χ2n) is 4.80. The van der Waals surface area contributed by atoms with Gasteiger partial charge in [-0.15, -0.1) is 0 Å². The molecule has 0 N–H and O–H groups in total. The molecule has 3 nitrogen and oxygen atoms in total. The van der Waals surface area contributed by atoms with E-state index in [0.717, 1.165) is 23.5 Å². The van der Waals surface area contributed by atoms with Crippen molar-refractivity contribution < 1.29 is 4.74 Å². The van der Waals surface area contributed by atoms with E-state index in [4.69, 9.17) is 4.74 Å². The number of hydrogen-bond acceptors (Lipinski definition) is 2. The van der Waals surface area contributed by atoms with Crippen LogP contribution in [0.3, 0.4) is 0 Å². The molecule has 0 unspecified atom stereocenters. The predicted molar refractivity (Wildman–Crippen MR) is 60.9 cm³/mol. The first-order valence-corrected chi connectivity index (χ1v) is 6.43. The maximum Gasteiger partial charge on any atom is 0.226 e. The van der Waals surface area contributed by atoms with Gasteiger partial charge in [0.15, 0.2) is 0 Å². The summed E-state index contributed by atoms with van der Waals surface area (Å²) < 4.78 is 8.83. The molecule has 2 heterocycles. The zero-order valence-corrected chi connectivity index (χ0v) is 10.3. The Morgan fingerprint density at radius 1 is 1.33 bits per heavy atom. The third kappa shape index (κ3) is 1.59. The maximum absolute atomic E-state index is 5.84. The summed E-state index contributed by atoms with van der Waals surface area (Å²) in [5.41, 5.74) is 0.372. The second kappa shape index (κ2) is 3.51. The van der Waals surface area contributed by atoms with E-state index in [1.807, 2.05) is 10.9 Å². The highest BCUT2D eigenvalue weighted by molar-refractivity contribution is 9.10. The molecule has 4 heteroatoms. The summed E-state index contributed by atoms with van der Waals surface area (Å²) in [6.07, 6.45) is 8.50. The van der Waals surface area contributed by atoms with Crippen LogP contribution in [0.25, 0.3) is 0 Å². The number of rotatable bonds is 0. The Labute approximate surface area is 97.9 Å². The number of halogens is 1. The minimum Gasteiger partial charge on any atom is -0.476 e. The molecule has 1 spiro atoms. The van der Waals surface area contributed by atoms with Crippen LogP contribution in [0.5, 0.6) is 5.88 Å². The van der Waals surface area contributed by atoms with Gasteiger partial charge in [-0.1, -0.05) is 19.3 Å². The molecule has 0 bridgehead atoms. The third-order valence-corrected chi connectivity index (χ3v) is 4.21. The van der Waals surface area contributed by atoms with Crippen molar-refractivity contribution in [2.45, 2.75) is 38.6 Å². The first-order chi connectivity index (χ1) is 7.29. The van der Waals surface area contributed by atoms with Crippen molar-refractivity contribution in [3.05, 3.63) is 10.7 Å². The van der Waals surface area contributed by atoms with Gasteiger partial charge in [0.2, 0.25) is 5.88 Å². The molecule has 0 aromatic carbocycles. The minimum atomic E-state index is 0.372. The molecule has 1 aromatic heterocycles. The lowest BCUT2D eigenvalue weighted by molar-refractivity contribution is 0.0349. The summed E-state index contributed by atoms with van der Waals surface area (Å²) in [4.78, 5) is 0. The molecule has 0 amide bonds. The van der Waals surface area contributed by atoms with E-state index < -0.39 is 0 Å². The van der Waals surface area contributed by atoms with Gasteiger partial charge >= 0.3 is 0 Å². The van der Waals surface area contributed by atoms with E-state index in [1.54, 1.807) is 0 Å². The quantitative estimate of drug-likeness (QED) is 0.725. The summed E-state index contributed by atoms with van der Waals surface area (Å²) in [6, 6.07) is 0. The molecule has 3 rings (SSSR count). The van der Waals surface area contributed by atoms with E-state index >= 15 is 0 Å².